The number of rotatable bonds is 5. The third-order valence-electron chi connectivity index (χ3n) is 3.24. The standard InChI is InChI=1S/C16H21N3/c1-4-5-13-6-8-14(9-7-13)16(17-3)15-11-18-12(2)10-19-15/h6-11,16-17H,4-5H2,1-3H3. The van der Waals surface area contributed by atoms with Gasteiger partial charge in [0.1, 0.15) is 0 Å². The summed E-state index contributed by atoms with van der Waals surface area (Å²) < 4.78 is 0. The summed E-state index contributed by atoms with van der Waals surface area (Å²) >= 11 is 0. The van der Waals surface area contributed by atoms with Gasteiger partial charge in [-0.3, -0.25) is 9.97 Å². The van der Waals surface area contributed by atoms with E-state index in [2.05, 4.69) is 46.5 Å². The van der Waals surface area contributed by atoms with Crippen molar-refractivity contribution >= 4 is 0 Å². The van der Waals surface area contributed by atoms with Crippen molar-refractivity contribution in [1.29, 1.82) is 0 Å². The number of nitrogens with zero attached hydrogens (tertiary/aromatic N) is 2. The summed E-state index contributed by atoms with van der Waals surface area (Å²) in [4.78, 5) is 8.78. The van der Waals surface area contributed by atoms with Gasteiger partial charge in [-0.25, -0.2) is 0 Å². The zero-order valence-electron chi connectivity index (χ0n) is 11.9. The second kappa shape index (κ2) is 6.43. The first-order valence-corrected chi connectivity index (χ1v) is 6.79. The van der Waals surface area contributed by atoms with Crippen LogP contribution >= 0.6 is 0 Å². The van der Waals surface area contributed by atoms with Crippen LogP contribution in [0.3, 0.4) is 0 Å². The van der Waals surface area contributed by atoms with Gasteiger partial charge in [-0.05, 0) is 31.5 Å². The summed E-state index contributed by atoms with van der Waals surface area (Å²) in [5.41, 5.74) is 4.50. The van der Waals surface area contributed by atoms with Crippen LogP contribution in [0, 0.1) is 6.92 Å². The van der Waals surface area contributed by atoms with Gasteiger partial charge in [0.15, 0.2) is 0 Å². The number of hydrogen-bond donors (Lipinski definition) is 1. The molecule has 1 heterocycles. The van der Waals surface area contributed by atoms with Crippen molar-refractivity contribution in [3.63, 3.8) is 0 Å². The van der Waals surface area contributed by atoms with E-state index < -0.39 is 0 Å². The molecule has 0 aliphatic carbocycles. The molecule has 0 bridgehead atoms. The lowest BCUT2D eigenvalue weighted by Crippen LogP contribution is -2.19. The number of aryl methyl sites for hydroxylation is 2. The van der Waals surface area contributed by atoms with Gasteiger partial charge in [-0.2, -0.15) is 0 Å². The minimum atomic E-state index is 0.101. The Labute approximate surface area is 115 Å². The van der Waals surface area contributed by atoms with Crippen molar-refractivity contribution in [3.05, 3.63) is 59.2 Å². The first-order valence-electron chi connectivity index (χ1n) is 6.79. The predicted octanol–water partition coefficient (Wildman–Crippen LogP) is 3.05. The molecule has 0 fully saturated rings. The summed E-state index contributed by atoms with van der Waals surface area (Å²) in [6.07, 6.45) is 5.97. The molecule has 1 aromatic heterocycles. The third-order valence-corrected chi connectivity index (χ3v) is 3.24. The topological polar surface area (TPSA) is 37.8 Å². The van der Waals surface area contributed by atoms with Gasteiger partial charge in [-0.1, -0.05) is 37.6 Å². The quantitative estimate of drug-likeness (QED) is 0.892. The minimum absolute atomic E-state index is 0.101. The highest BCUT2D eigenvalue weighted by molar-refractivity contribution is 5.30. The Morgan fingerprint density at radius 2 is 1.84 bits per heavy atom. The molecular weight excluding hydrogens is 234 g/mol. The average Bonchev–Trinajstić information content (AvgIpc) is 2.44. The number of aromatic nitrogens is 2. The smallest absolute Gasteiger partial charge is 0.0801 e. The van der Waals surface area contributed by atoms with Crippen LogP contribution in [-0.4, -0.2) is 17.0 Å². The van der Waals surface area contributed by atoms with Crippen LogP contribution < -0.4 is 5.32 Å². The van der Waals surface area contributed by atoms with Crippen molar-refractivity contribution in [2.24, 2.45) is 0 Å². The highest BCUT2D eigenvalue weighted by atomic mass is 14.9. The number of benzene rings is 1. The fourth-order valence-electron chi connectivity index (χ4n) is 2.20. The largest absolute Gasteiger partial charge is 0.308 e. The van der Waals surface area contributed by atoms with Crippen LogP contribution in [0.5, 0.6) is 0 Å². The molecule has 0 aliphatic heterocycles. The van der Waals surface area contributed by atoms with E-state index in [1.165, 1.54) is 17.5 Å². The number of hydrogen-bond acceptors (Lipinski definition) is 3. The minimum Gasteiger partial charge on any atom is -0.308 e. The molecule has 0 amide bonds. The Morgan fingerprint density at radius 3 is 2.37 bits per heavy atom. The average molecular weight is 255 g/mol. The summed E-state index contributed by atoms with van der Waals surface area (Å²) in [5.74, 6) is 0. The second-order valence-electron chi connectivity index (χ2n) is 4.80. The molecule has 0 saturated heterocycles. The highest BCUT2D eigenvalue weighted by Gasteiger charge is 2.13. The molecule has 3 heteroatoms. The molecule has 0 saturated carbocycles. The molecular formula is C16H21N3. The van der Waals surface area contributed by atoms with E-state index in [-0.39, 0.29) is 6.04 Å². The van der Waals surface area contributed by atoms with Gasteiger partial charge in [0, 0.05) is 6.20 Å². The molecule has 3 nitrogen and oxygen atoms in total. The van der Waals surface area contributed by atoms with Crippen LogP contribution in [0.1, 0.15) is 41.9 Å². The first kappa shape index (κ1) is 13.7. The van der Waals surface area contributed by atoms with Crippen molar-refractivity contribution < 1.29 is 0 Å². The van der Waals surface area contributed by atoms with Crippen molar-refractivity contribution in [3.8, 4) is 0 Å². The van der Waals surface area contributed by atoms with Gasteiger partial charge in [0.25, 0.3) is 0 Å². The number of nitrogens with one attached hydrogen (secondary N) is 1. The van der Waals surface area contributed by atoms with Gasteiger partial charge in [0.05, 0.1) is 23.6 Å². The second-order valence-corrected chi connectivity index (χ2v) is 4.80. The van der Waals surface area contributed by atoms with E-state index in [4.69, 9.17) is 0 Å². The van der Waals surface area contributed by atoms with Gasteiger partial charge < -0.3 is 5.32 Å². The third kappa shape index (κ3) is 3.38. The van der Waals surface area contributed by atoms with Crippen LogP contribution in [0.2, 0.25) is 0 Å². The molecule has 1 atom stereocenters. The Hall–Kier alpha value is -1.74. The predicted molar refractivity (Wildman–Crippen MR) is 78.1 cm³/mol. The Bertz CT molecular complexity index is 503. The lowest BCUT2D eigenvalue weighted by Gasteiger charge is -2.16. The lowest BCUT2D eigenvalue weighted by atomic mass is 10.0. The zero-order chi connectivity index (χ0) is 13.7. The van der Waals surface area contributed by atoms with Crippen molar-refractivity contribution in [2.45, 2.75) is 32.7 Å². The summed E-state index contributed by atoms with van der Waals surface area (Å²) in [7, 11) is 1.95. The SMILES string of the molecule is CCCc1ccc(C(NC)c2cnc(C)cn2)cc1. The molecule has 2 aromatic rings. The van der Waals surface area contributed by atoms with E-state index >= 15 is 0 Å². The molecule has 19 heavy (non-hydrogen) atoms. The maximum Gasteiger partial charge on any atom is 0.0801 e. The fraction of sp³-hybridized carbons (Fsp3) is 0.375. The van der Waals surface area contributed by atoms with Crippen LogP contribution in [-0.2, 0) is 6.42 Å². The van der Waals surface area contributed by atoms with E-state index in [9.17, 15) is 0 Å². The molecule has 1 unspecified atom stereocenters. The van der Waals surface area contributed by atoms with Crippen LogP contribution in [0.15, 0.2) is 36.7 Å². The molecule has 1 N–H and O–H groups in total. The molecule has 0 spiro atoms. The van der Waals surface area contributed by atoms with E-state index in [1.54, 1.807) is 0 Å². The van der Waals surface area contributed by atoms with Crippen LogP contribution in [0.25, 0.3) is 0 Å². The monoisotopic (exact) mass is 255 g/mol. The van der Waals surface area contributed by atoms with E-state index in [1.807, 2.05) is 26.4 Å². The summed E-state index contributed by atoms with van der Waals surface area (Å²) in [5, 5.41) is 3.30. The molecule has 0 radical (unpaired) electrons. The Kier molecular flexibility index (Phi) is 4.63. The van der Waals surface area contributed by atoms with Gasteiger partial charge >= 0.3 is 0 Å². The van der Waals surface area contributed by atoms with E-state index in [0.29, 0.717) is 0 Å². The molecule has 0 aliphatic rings. The lowest BCUT2D eigenvalue weighted by molar-refractivity contribution is 0.665. The molecule has 2 rings (SSSR count). The van der Waals surface area contributed by atoms with Crippen molar-refractivity contribution in [2.75, 3.05) is 7.05 Å². The normalized spacial score (nSPS) is 12.4. The maximum absolute atomic E-state index is 4.46. The Balaban J connectivity index is 2.23. The maximum atomic E-state index is 4.46. The van der Waals surface area contributed by atoms with Crippen LogP contribution in [0.4, 0.5) is 0 Å². The van der Waals surface area contributed by atoms with E-state index in [0.717, 1.165) is 17.8 Å². The fourth-order valence-corrected chi connectivity index (χ4v) is 2.20. The zero-order valence-corrected chi connectivity index (χ0v) is 11.9. The van der Waals surface area contributed by atoms with Gasteiger partial charge in [0.2, 0.25) is 0 Å². The summed E-state index contributed by atoms with van der Waals surface area (Å²) in [6.45, 7) is 4.15. The van der Waals surface area contributed by atoms with Gasteiger partial charge in [-0.15, -0.1) is 0 Å². The van der Waals surface area contributed by atoms with Crippen molar-refractivity contribution in [1.82, 2.24) is 15.3 Å². The summed E-state index contributed by atoms with van der Waals surface area (Å²) in [6, 6.07) is 8.85. The molecule has 1 aromatic carbocycles. The highest BCUT2D eigenvalue weighted by Crippen LogP contribution is 2.20. The first-order chi connectivity index (χ1) is 9.24. The molecule has 100 valence electrons. The Morgan fingerprint density at radius 1 is 1.11 bits per heavy atom.